The van der Waals surface area contributed by atoms with E-state index in [0.29, 0.717) is 6.61 Å². The third-order valence-electron chi connectivity index (χ3n) is 1.64. The second-order valence-electron chi connectivity index (χ2n) is 2.78. The van der Waals surface area contributed by atoms with Crippen LogP contribution in [0.4, 0.5) is 0 Å². The average Bonchev–Trinajstić information content (AvgIpc) is 2.36. The fourth-order valence-electron chi connectivity index (χ4n) is 0.986. The standard InChI is InChI=1S/C8H12O3S/c1-6(9)5-7(10)8(2)11-3-4-12-8/h5,10H,3-4H2,1-2H3/b7-5-/t8-/m0/s1. The molecule has 0 radical (unpaired) electrons. The molecular formula is C8H12O3S. The van der Waals surface area contributed by atoms with Gasteiger partial charge in [-0.05, 0) is 13.8 Å². The van der Waals surface area contributed by atoms with Crippen LogP contribution in [-0.2, 0) is 9.53 Å². The second-order valence-corrected chi connectivity index (χ2v) is 4.26. The molecular weight excluding hydrogens is 176 g/mol. The molecule has 68 valence electrons. The zero-order valence-corrected chi connectivity index (χ0v) is 7.98. The number of carbonyl (C=O) groups excluding carboxylic acids is 1. The number of thioether (sulfide) groups is 1. The van der Waals surface area contributed by atoms with Crippen molar-refractivity contribution < 1.29 is 14.6 Å². The lowest BCUT2D eigenvalue weighted by Gasteiger charge is -2.20. The van der Waals surface area contributed by atoms with E-state index in [2.05, 4.69) is 0 Å². The van der Waals surface area contributed by atoms with Crippen molar-refractivity contribution >= 4 is 17.5 Å². The molecule has 0 aromatic rings. The lowest BCUT2D eigenvalue weighted by Crippen LogP contribution is -2.22. The van der Waals surface area contributed by atoms with E-state index in [9.17, 15) is 9.90 Å². The first-order valence-corrected chi connectivity index (χ1v) is 4.73. The van der Waals surface area contributed by atoms with Gasteiger partial charge in [-0.15, -0.1) is 11.8 Å². The minimum Gasteiger partial charge on any atom is -0.508 e. The molecule has 4 heteroatoms. The van der Waals surface area contributed by atoms with Gasteiger partial charge < -0.3 is 9.84 Å². The van der Waals surface area contributed by atoms with Crippen LogP contribution in [0.5, 0.6) is 0 Å². The van der Waals surface area contributed by atoms with Crippen molar-refractivity contribution in [2.75, 3.05) is 12.4 Å². The van der Waals surface area contributed by atoms with Crippen LogP contribution < -0.4 is 0 Å². The topological polar surface area (TPSA) is 46.5 Å². The third kappa shape index (κ3) is 2.01. The van der Waals surface area contributed by atoms with Crippen LogP contribution in [0.3, 0.4) is 0 Å². The van der Waals surface area contributed by atoms with Gasteiger partial charge in [0.1, 0.15) is 5.76 Å². The van der Waals surface area contributed by atoms with Gasteiger partial charge in [-0.3, -0.25) is 4.79 Å². The van der Waals surface area contributed by atoms with E-state index in [1.54, 1.807) is 6.92 Å². The van der Waals surface area contributed by atoms with Gasteiger partial charge in [0.05, 0.1) is 6.61 Å². The molecule has 1 aliphatic rings. The number of rotatable bonds is 2. The SMILES string of the molecule is CC(=O)/C=C(\O)[C@@]1(C)OCCS1. The van der Waals surface area contributed by atoms with Crippen LogP contribution in [-0.4, -0.2) is 28.2 Å². The molecule has 12 heavy (non-hydrogen) atoms. The van der Waals surface area contributed by atoms with Crippen LogP contribution in [0.1, 0.15) is 13.8 Å². The summed E-state index contributed by atoms with van der Waals surface area (Å²) in [5, 5.41) is 9.47. The summed E-state index contributed by atoms with van der Waals surface area (Å²) >= 11 is 1.50. The molecule has 1 fully saturated rings. The molecule has 0 aromatic heterocycles. The Bertz CT molecular complexity index is 216. The van der Waals surface area contributed by atoms with Crippen molar-refractivity contribution in [2.45, 2.75) is 18.8 Å². The Balaban J connectivity index is 2.73. The van der Waals surface area contributed by atoms with Gasteiger partial charge >= 0.3 is 0 Å². The first-order valence-electron chi connectivity index (χ1n) is 3.74. The molecule has 0 bridgehead atoms. The van der Waals surface area contributed by atoms with Crippen molar-refractivity contribution in [3.63, 3.8) is 0 Å². The van der Waals surface area contributed by atoms with Gasteiger partial charge in [0.2, 0.25) is 0 Å². The first-order chi connectivity index (χ1) is 5.54. The molecule has 0 aromatic carbocycles. The maximum absolute atomic E-state index is 10.7. The molecule has 0 unspecified atom stereocenters. The van der Waals surface area contributed by atoms with Crippen molar-refractivity contribution in [3.05, 3.63) is 11.8 Å². The lowest BCUT2D eigenvalue weighted by atomic mass is 10.2. The second kappa shape index (κ2) is 3.49. The summed E-state index contributed by atoms with van der Waals surface area (Å²) in [6.07, 6.45) is 1.21. The molecule has 0 saturated carbocycles. The van der Waals surface area contributed by atoms with E-state index in [-0.39, 0.29) is 11.5 Å². The summed E-state index contributed by atoms with van der Waals surface area (Å²) in [4.78, 5) is 9.95. The number of aliphatic hydroxyl groups is 1. The van der Waals surface area contributed by atoms with Gasteiger partial charge in [0.25, 0.3) is 0 Å². The highest BCUT2D eigenvalue weighted by molar-refractivity contribution is 8.00. The number of allylic oxidation sites excluding steroid dienone is 1. The Morgan fingerprint density at radius 2 is 2.42 bits per heavy atom. The van der Waals surface area contributed by atoms with E-state index in [1.165, 1.54) is 24.8 Å². The van der Waals surface area contributed by atoms with Crippen LogP contribution >= 0.6 is 11.8 Å². The Morgan fingerprint density at radius 1 is 1.75 bits per heavy atom. The zero-order valence-electron chi connectivity index (χ0n) is 7.16. The summed E-state index contributed by atoms with van der Waals surface area (Å²) < 4.78 is 5.30. The van der Waals surface area contributed by atoms with Crippen molar-refractivity contribution in [3.8, 4) is 0 Å². The van der Waals surface area contributed by atoms with E-state index < -0.39 is 4.93 Å². The number of ketones is 1. The highest BCUT2D eigenvalue weighted by atomic mass is 32.2. The molecule has 3 nitrogen and oxygen atoms in total. The summed E-state index contributed by atoms with van der Waals surface area (Å²) in [6, 6.07) is 0. The maximum atomic E-state index is 10.7. The monoisotopic (exact) mass is 188 g/mol. The molecule has 1 N–H and O–H groups in total. The van der Waals surface area contributed by atoms with Crippen molar-refractivity contribution in [1.82, 2.24) is 0 Å². The molecule has 1 heterocycles. The van der Waals surface area contributed by atoms with Crippen molar-refractivity contribution in [2.24, 2.45) is 0 Å². The average molecular weight is 188 g/mol. The summed E-state index contributed by atoms with van der Waals surface area (Å²) in [7, 11) is 0. The molecule has 1 saturated heterocycles. The highest BCUT2D eigenvalue weighted by Gasteiger charge is 2.35. The van der Waals surface area contributed by atoms with E-state index in [1.807, 2.05) is 0 Å². The Morgan fingerprint density at radius 3 is 2.83 bits per heavy atom. The van der Waals surface area contributed by atoms with Gasteiger partial charge in [0, 0.05) is 11.8 Å². The third-order valence-corrected chi connectivity index (χ3v) is 2.89. The fourth-order valence-corrected chi connectivity index (χ4v) is 1.92. The van der Waals surface area contributed by atoms with Crippen molar-refractivity contribution in [1.29, 1.82) is 0 Å². The number of ether oxygens (including phenoxy) is 1. The number of hydrogen-bond donors (Lipinski definition) is 1. The number of carbonyl (C=O) groups is 1. The van der Waals surface area contributed by atoms with Gasteiger partial charge in [-0.1, -0.05) is 0 Å². The van der Waals surface area contributed by atoms with Crippen LogP contribution in [0.15, 0.2) is 11.8 Å². The summed E-state index contributed by atoms with van der Waals surface area (Å²) in [5.41, 5.74) is 0. The van der Waals surface area contributed by atoms with Crippen LogP contribution in [0, 0.1) is 0 Å². The minimum atomic E-state index is -0.703. The Kier molecular flexibility index (Phi) is 2.80. The maximum Gasteiger partial charge on any atom is 0.168 e. The summed E-state index contributed by atoms with van der Waals surface area (Å²) in [5.74, 6) is 0.703. The molecule has 0 aliphatic carbocycles. The minimum absolute atomic E-state index is 0.0116. The molecule has 1 aliphatic heterocycles. The van der Waals surface area contributed by atoms with Gasteiger partial charge in [-0.25, -0.2) is 0 Å². The first kappa shape index (κ1) is 9.61. The summed E-state index contributed by atoms with van der Waals surface area (Å²) in [6.45, 7) is 3.79. The van der Waals surface area contributed by atoms with Gasteiger partial charge in [-0.2, -0.15) is 0 Å². The lowest BCUT2D eigenvalue weighted by molar-refractivity contribution is -0.112. The number of aliphatic hydroxyl groups excluding tert-OH is 1. The molecule has 1 atom stereocenters. The molecule has 0 amide bonds. The fraction of sp³-hybridized carbons (Fsp3) is 0.625. The Hall–Kier alpha value is -0.480. The molecule has 1 rings (SSSR count). The quantitative estimate of drug-likeness (QED) is 0.527. The smallest absolute Gasteiger partial charge is 0.168 e. The largest absolute Gasteiger partial charge is 0.508 e. The highest BCUT2D eigenvalue weighted by Crippen LogP contribution is 2.37. The predicted octanol–water partition coefficient (Wildman–Crippen LogP) is 1.50. The number of hydrogen-bond acceptors (Lipinski definition) is 4. The van der Waals surface area contributed by atoms with E-state index >= 15 is 0 Å². The van der Waals surface area contributed by atoms with E-state index in [0.717, 1.165) is 5.75 Å². The van der Waals surface area contributed by atoms with Gasteiger partial charge in [0.15, 0.2) is 10.7 Å². The zero-order chi connectivity index (χ0) is 9.19. The predicted molar refractivity (Wildman–Crippen MR) is 48.2 cm³/mol. The van der Waals surface area contributed by atoms with Crippen LogP contribution in [0.2, 0.25) is 0 Å². The van der Waals surface area contributed by atoms with E-state index in [4.69, 9.17) is 4.74 Å². The Labute approximate surface area is 75.8 Å². The molecule has 0 spiro atoms. The normalized spacial score (nSPS) is 30.7. The van der Waals surface area contributed by atoms with Crippen LogP contribution in [0.25, 0.3) is 0 Å².